The van der Waals surface area contributed by atoms with E-state index in [-0.39, 0.29) is 0 Å². The Morgan fingerprint density at radius 2 is 1.05 bits per heavy atom. The summed E-state index contributed by atoms with van der Waals surface area (Å²) in [6, 6.07) is 6.05. The zero-order chi connectivity index (χ0) is 28.3. The predicted octanol–water partition coefficient (Wildman–Crippen LogP) is 4.98. The SMILES string of the molecule is N#CC(C#N)=C1c2nc3c(nc2-c2c(F)c(F)c(F)c(F)c21)C1(c2c(F)c(F)c(F)c(F)c2-3)C(C#N)C1C#N. The molecule has 188 valence electrons. The van der Waals surface area contributed by atoms with Crippen LogP contribution in [0.15, 0.2) is 5.57 Å². The Bertz CT molecular complexity index is 1940. The molecule has 2 atom stereocenters. The number of hydrogen-bond acceptors (Lipinski definition) is 6. The van der Waals surface area contributed by atoms with E-state index in [1.54, 1.807) is 12.1 Å². The third-order valence-electron chi connectivity index (χ3n) is 7.15. The van der Waals surface area contributed by atoms with Crippen molar-refractivity contribution in [1.29, 1.82) is 21.0 Å². The van der Waals surface area contributed by atoms with E-state index in [2.05, 4.69) is 9.97 Å². The second-order valence-corrected chi connectivity index (χ2v) is 8.69. The molecular formula is C25H2F8N6. The van der Waals surface area contributed by atoms with Crippen molar-refractivity contribution in [2.75, 3.05) is 0 Å². The fourth-order valence-electron chi connectivity index (χ4n) is 5.54. The van der Waals surface area contributed by atoms with Crippen molar-refractivity contribution in [2.24, 2.45) is 11.8 Å². The topological polar surface area (TPSA) is 121 Å². The van der Waals surface area contributed by atoms with Crippen LogP contribution >= 0.6 is 0 Å². The summed E-state index contributed by atoms with van der Waals surface area (Å²) in [7, 11) is 0. The van der Waals surface area contributed by atoms with E-state index in [1.165, 1.54) is 12.1 Å². The maximum absolute atomic E-state index is 15.2. The van der Waals surface area contributed by atoms with E-state index in [9.17, 15) is 43.0 Å². The van der Waals surface area contributed by atoms with Crippen LogP contribution in [0.2, 0.25) is 0 Å². The highest BCUT2D eigenvalue weighted by Gasteiger charge is 2.75. The lowest BCUT2D eigenvalue weighted by Gasteiger charge is -2.13. The Morgan fingerprint density at radius 3 is 1.56 bits per heavy atom. The van der Waals surface area contributed by atoms with Gasteiger partial charge < -0.3 is 0 Å². The maximum atomic E-state index is 15.2. The molecule has 0 N–H and O–H groups in total. The van der Waals surface area contributed by atoms with Crippen LogP contribution in [0, 0.1) is 104 Å². The summed E-state index contributed by atoms with van der Waals surface area (Å²) in [6.07, 6.45) is 0. The molecule has 2 aromatic carbocycles. The first kappa shape index (κ1) is 24.0. The minimum Gasteiger partial charge on any atom is -0.247 e. The number of benzene rings is 2. The van der Waals surface area contributed by atoms with Crippen LogP contribution in [0.4, 0.5) is 35.1 Å². The molecule has 6 rings (SSSR count). The summed E-state index contributed by atoms with van der Waals surface area (Å²) in [4.78, 5) is 7.99. The van der Waals surface area contributed by atoms with E-state index < -0.39 is 120 Å². The van der Waals surface area contributed by atoms with Crippen molar-refractivity contribution in [3.05, 3.63) is 74.6 Å². The Labute approximate surface area is 210 Å². The first-order valence-corrected chi connectivity index (χ1v) is 10.5. The van der Waals surface area contributed by atoms with Crippen molar-refractivity contribution in [3.63, 3.8) is 0 Å². The Kier molecular flexibility index (Phi) is 4.54. The zero-order valence-corrected chi connectivity index (χ0v) is 18.4. The number of halogens is 8. The zero-order valence-electron chi connectivity index (χ0n) is 18.4. The van der Waals surface area contributed by atoms with Gasteiger partial charge in [0.2, 0.25) is 0 Å². The third kappa shape index (κ3) is 2.42. The van der Waals surface area contributed by atoms with Crippen molar-refractivity contribution < 1.29 is 35.1 Å². The molecule has 0 bridgehead atoms. The second-order valence-electron chi connectivity index (χ2n) is 8.69. The fraction of sp³-hybridized carbons (Fsp3) is 0.120. The molecule has 3 aliphatic rings. The summed E-state index contributed by atoms with van der Waals surface area (Å²) >= 11 is 0. The van der Waals surface area contributed by atoms with E-state index in [4.69, 9.17) is 0 Å². The van der Waals surface area contributed by atoms with Gasteiger partial charge in [-0.25, -0.2) is 45.1 Å². The predicted molar refractivity (Wildman–Crippen MR) is 109 cm³/mol. The van der Waals surface area contributed by atoms with Crippen molar-refractivity contribution in [2.45, 2.75) is 5.41 Å². The quantitative estimate of drug-likeness (QED) is 0.135. The lowest BCUT2D eigenvalue weighted by Crippen LogP contribution is -2.16. The number of hydrogen-bond donors (Lipinski definition) is 0. The lowest BCUT2D eigenvalue weighted by molar-refractivity contribution is 0.403. The van der Waals surface area contributed by atoms with Gasteiger partial charge in [0.15, 0.2) is 46.5 Å². The van der Waals surface area contributed by atoms with Crippen LogP contribution in [0.3, 0.4) is 0 Å². The highest BCUT2D eigenvalue weighted by molar-refractivity contribution is 6.03. The number of fused-ring (bicyclic) bond motifs is 8. The molecule has 6 nitrogen and oxygen atoms in total. The average Bonchev–Trinajstić information content (AvgIpc) is 3.34. The third-order valence-corrected chi connectivity index (χ3v) is 7.15. The number of nitrogens with zero attached hydrogens (tertiary/aromatic N) is 6. The molecular weight excluding hydrogens is 536 g/mol. The van der Waals surface area contributed by atoms with Crippen LogP contribution in [-0.4, -0.2) is 9.97 Å². The number of rotatable bonds is 0. The molecule has 14 heteroatoms. The van der Waals surface area contributed by atoms with Crippen molar-refractivity contribution in [3.8, 4) is 46.8 Å². The van der Waals surface area contributed by atoms with Crippen LogP contribution in [0.1, 0.15) is 22.5 Å². The summed E-state index contributed by atoms with van der Waals surface area (Å²) in [5.74, 6) is -20.2. The van der Waals surface area contributed by atoms with Crippen LogP contribution in [0.25, 0.3) is 28.1 Å². The summed E-state index contributed by atoms with van der Waals surface area (Å²) in [6.45, 7) is 0. The largest absolute Gasteiger partial charge is 0.247 e. The van der Waals surface area contributed by atoms with E-state index >= 15 is 13.2 Å². The molecule has 1 spiro atoms. The van der Waals surface area contributed by atoms with Gasteiger partial charge >= 0.3 is 0 Å². The van der Waals surface area contributed by atoms with Gasteiger partial charge in [-0.3, -0.25) is 0 Å². The minimum absolute atomic E-state index is 0.649. The van der Waals surface area contributed by atoms with E-state index in [0.29, 0.717) is 0 Å². The van der Waals surface area contributed by atoms with E-state index in [0.717, 1.165) is 0 Å². The van der Waals surface area contributed by atoms with Gasteiger partial charge in [-0.15, -0.1) is 0 Å². The lowest BCUT2D eigenvalue weighted by atomic mass is 9.91. The summed E-state index contributed by atoms with van der Waals surface area (Å²) < 4.78 is 117. The van der Waals surface area contributed by atoms with Gasteiger partial charge in [0.05, 0.1) is 46.3 Å². The Hall–Kier alpha value is -5.34. The number of nitriles is 4. The molecule has 3 aromatic rings. The van der Waals surface area contributed by atoms with Crippen LogP contribution in [0.5, 0.6) is 0 Å². The van der Waals surface area contributed by atoms with Gasteiger partial charge in [0, 0.05) is 22.3 Å². The minimum atomic E-state index is -2.30. The standard InChI is InChI=1S/C25H2F8N6/c26-13-9-8(5(1-34)2-35)21-22(10(9)14(27)18(31)17(13)30)39-24-23(38-21)11-12(16(29)20(33)19(32)15(11)28)25(24)6(3-36)7(25)4-37/h6-7H. The number of allylic oxidation sites excluding steroid dienone is 1. The normalized spacial score (nSPS) is 20.8. The summed E-state index contributed by atoms with van der Waals surface area (Å²) in [5, 5.41) is 38.1. The molecule has 1 heterocycles. The van der Waals surface area contributed by atoms with Crippen molar-refractivity contribution >= 4 is 5.57 Å². The molecule has 0 saturated heterocycles. The fourth-order valence-corrected chi connectivity index (χ4v) is 5.54. The number of aromatic nitrogens is 2. The Morgan fingerprint density at radius 1 is 0.564 bits per heavy atom. The highest BCUT2D eigenvalue weighted by atomic mass is 19.2. The molecule has 2 unspecified atom stereocenters. The first-order chi connectivity index (χ1) is 18.5. The van der Waals surface area contributed by atoms with Gasteiger partial charge in [-0.2, -0.15) is 21.0 Å². The van der Waals surface area contributed by atoms with Crippen LogP contribution < -0.4 is 0 Å². The summed E-state index contributed by atoms with van der Waals surface area (Å²) in [5.41, 5.74) is -11.4. The van der Waals surface area contributed by atoms with Gasteiger partial charge in [-0.1, -0.05) is 0 Å². The van der Waals surface area contributed by atoms with Gasteiger partial charge in [0.25, 0.3) is 0 Å². The van der Waals surface area contributed by atoms with Gasteiger partial charge in [0.1, 0.15) is 29.1 Å². The monoisotopic (exact) mass is 538 g/mol. The van der Waals surface area contributed by atoms with Crippen LogP contribution in [-0.2, 0) is 5.41 Å². The smallest absolute Gasteiger partial charge is 0.198 e. The molecule has 3 aliphatic carbocycles. The van der Waals surface area contributed by atoms with E-state index in [1.807, 2.05) is 0 Å². The molecule has 0 amide bonds. The first-order valence-electron chi connectivity index (χ1n) is 10.5. The maximum Gasteiger partial charge on any atom is 0.198 e. The van der Waals surface area contributed by atoms with Crippen molar-refractivity contribution in [1.82, 2.24) is 9.97 Å². The molecule has 39 heavy (non-hydrogen) atoms. The molecule has 1 aromatic heterocycles. The highest BCUT2D eigenvalue weighted by Crippen LogP contribution is 2.70. The Balaban J connectivity index is 1.84. The molecule has 0 radical (unpaired) electrons. The molecule has 1 saturated carbocycles. The second kappa shape index (κ2) is 7.37. The molecule has 1 fully saturated rings. The average molecular weight is 538 g/mol. The molecule has 0 aliphatic heterocycles. The van der Waals surface area contributed by atoms with Gasteiger partial charge in [-0.05, 0) is 0 Å².